The Morgan fingerprint density at radius 1 is 1.06 bits per heavy atom. The topological polar surface area (TPSA) is 18.5 Å². The molecule has 1 saturated heterocycles. The summed E-state index contributed by atoms with van der Waals surface area (Å²) in [5.74, 6) is 0. The van der Waals surface area contributed by atoms with Gasteiger partial charge in [0.2, 0.25) is 0 Å². The third kappa shape index (κ3) is 3.86. The van der Waals surface area contributed by atoms with Crippen LogP contribution in [0.1, 0.15) is 48.5 Å². The summed E-state index contributed by atoms with van der Waals surface area (Å²) in [4.78, 5) is 0. The van der Waals surface area contributed by atoms with Gasteiger partial charge in [0.15, 0.2) is 0 Å². The summed E-state index contributed by atoms with van der Waals surface area (Å²) in [6, 6.07) is 0. The zero-order valence-electron chi connectivity index (χ0n) is 12.9. The molecule has 1 fully saturated rings. The first kappa shape index (κ1) is 17.2. The molecule has 1 heterocycles. The van der Waals surface area contributed by atoms with Gasteiger partial charge in [0.05, 0.1) is 11.2 Å². The summed E-state index contributed by atoms with van der Waals surface area (Å²) in [5, 5.41) is 0. The minimum absolute atomic E-state index is 0.284. The van der Waals surface area contributed by atoms with Gasteiger partial charge in [-0.2, -0.15) is 0 Å². The van der Waals surface area contributed by atoms with Crippen molar-refractivity contribution >= 4 is 7.12 Å². The van der Waals surface area contributed by atoms with Gasteiger partial charge in [-0.25, -0.2) is 0 Å². The molecule has 0 N–H and O–H groups in total. The molecule has 102 valence electrons. The highest BCUT2D eigenvalue weighted by Crippen LogP contribution is 2.38. The van der Waals surface area contributed by atoms with E-state index in [9.17, 15) is 0 Å². The van der Waals surface area contributed by atoms with Gasteiger partial charge in [0.25, 0.3) is 0 Å². The quantitative estimate of drug-likeness (QED) is 0.548. The molecule has 0 aromatic carbocycles. The summed E-state index contributed by atoms with van der Waals surface area (Å²) < 4.78 is 11.9. The average Bonchev–Trinajstić information content (AvgIpc) is 2.52. The Labute approximate surface area is 113 Å². The van der Waals surface area contributed by atoms with E-state index in [2.05, 4.69) is 34.3 Å². The third-order valence-electron chi connectivity index (χ3n) is 3.28. The summed E-state index contributed by atoms with van der Waals surface area (Å²) in [6.45, 7) is 17.8. The van der Waals surface area contributed by atoms with Crippen LogP contribution in [-0.2, 0) is 9.31 Å². The van der Waals surface area contributed by atoms with Gasteiger partial charge in [0, 0.05) is 0 Å². The van der Waals surface area contributed by atoms with Crippen molar-refractivity contribution in [2.75, 3.05) is 0 Å². The van der Waals surface area contributed by atoms with Crippen LogP contribution in [0.15, 0.2) is 36.4 Å². The Hall–Kier alpha value is -0.795. The Morgan fingerprint density at radius 2 is 1.50 bits per heavy atom. The van der Waals surface area contributed by atoms with E-state index < -0.39 is 0 Å². The number of rotatable bonds is 3. The maximum Gasteiger partial charge on any atom is 0.494 e. The molecule has 0 bridgehead atoms. The van der Waals surface area contributed by atoms with Crippen LogP contribution >= 0.6 is 0 Å². The molecular formula is C15H27BO2. The van der Waals surface area contributed by atoms with Crippen molar-refractivity contribution in [3.63, 3.8) is 0 Å². The Balaban J connectivity index is 0.00000137. The molecule has 0 atom stereocenters. The van der Waals surface area contributed by atoms with Crippen molar-refractivity contribution in [2.45, 2.75) is 59.7 Å². The third-order valence-corrected chi connectivity index (χ3v) is 3.28. The monoisotopic (exact) mass is 250 g/mol. The summed E-state index contributed by atoms with van der Waals surface area (Å²) in [6.07, 6.45) is 7.60. The highest BCUT2D eigenvalue weighted by Gasteiger charge is 2.51. The van der Waals surface area contributed by atoms with Crippen LogP contribution in [0, 0.1) is 0 Å². The number of hydrogen-bond acceptors (Lipinski definition) is 2. The first-order valence-corrected chi connectivity index (χ1v) is 6.65. The fourth-order valence-electron chi connectivity index (χ4n) is 1.47. The standard InChI is InChI=1S/C13H21BO2.C2H6/c1-7-9-10-11(8-2)14-15-12(3,4)13(5,6)16-14;1-2/h7-10H,1H2,2-6H3;1-2H3/b10-9-,11-8+;. The summed E-state index contributed by atoms with van der Waals surface area (Å²) >= 11 is 0. The fraction of sp³-hybridized carbons (Fsp3) is 0.600. The molecular weight excluding hydrogens is 223 g/mol. The van der Waals surface area contributed by atoms with E-state index in [1.165, 1.54) is 0 Å². The highest BCUT2D eigenvalue weighted by atomic mass is 16.7. The molecule has 0 aliphatic carbocycles. The molecule has 1 rings (SSSR count). The predicted molar refractivity (Wildman–Crippen MR) is 80.5 cm³/mol. The molecule has 0 spiro atoms. The van der Waals surface area contributed by atoms with E-state index in [1.54, 1.807) is 6.08 Å². The fourth-order valence-corrected chi connectivity index (χ4v) is 1.47. The zero-order chi connectivity index (χ0) is 14.4. The van der Waals surface area contributed by atoms with E-state index >= 15 is 0 Å². The van der Waals surface area contributed by atoms with Crippen LogP contribution in [0.25, 0.3) is 0 Å². The van der Waals surface area contributed by atoms with Crippen molar-refractivity contribution in [3.05, 3.63) is 36.4 Å². The van der Waals surface area contributed by atoms with Crippen LogP contribution in [-0.4, -0.2) is 18.3 Å². The lowest BCUT2D eigenvalue weighted by atomic mass is 9.78. The van der Waals surface area contributed by atoms with Gasteiger partial charge in [0.1, 0.15) is 0 Å². The minimum atomic E-state index is -0.286. The van der Waals surface area contributed by atoms with Gasteiger partial charge in [-0.15, -0.1) is 0 Å². The van der Waals surface area contributed by atoms with Crippen molar-refractivity contribution in [1.82, 2.24) is 0 Å². The minimum Gasteiger partial charge on any atom is -0.399 e. The molecule has 1 aliphatic rings. The second kappa shape index (κ2) is 6.96. The maximum atomic E-state index is 5.94. The molecule has 0 aromatic heterocycles. The van der Waals surface area contributed by atoms with E-state index in [-0.39, 0.29) is 18.3 Å². The van der Waals surface area contributed by atoms with Crippen molar-refractivity contribution in [1.29, 1.82) is 0 Å². The Bertz CT molecular complexity index is 311. The Morgan fingerprint density at radius 3 is 1.83 bits per heavy atom. The lowest BCUT2D eigenvalue weighted by Gasteiger charge is -2.32. The molecule has 18 heavy (non-hydrogen) atoms. The van der Waals surface area contributed by atoms with E-state index in [0.29, 0.717) is 0 Å². The van der Waals surface area contributed by atoms with Gasteiger partial charge >= 0.3 is 7.12 Å². The van der Waals surface area contributed by atoms with E-state index in [1.807, 2.05) is 39.0 Å². The average molecular weight is 250 g/mol. The van der Waals surface area contributed by atoms with Gasteiger partial charge in [-0.3, -0.25) is 0 Å². The molecule has 2 nitrogen and oxygen atoms in total. The van der Waals surface area contributed by atoms with Crippen molar-refractivity contribution in [2.24, 2.45) is 0 Å². The number of allylic oxidation sites excluding steroid dienone is 5. The van der Waals surface area contributed by atoms with Gasteiger partial charge in [-0.05, 0) is 40.1 Å². The first-order chi connectivity index (χ1) is 8.34. The molecule has 0 unspecified atom stereocenters. The molecule has 3 heteroatoms. The number of hydrogen-bond donors (Lipinski definition) is 0. The van der Waals surface area contributed by atoms with Crippen LogP contribution in [0.4, 0.5) is 0 Å². The molecule has 0 aromatic rings. The van der Waals surface area contributed by atoms with E-state index in [0.717, 1.165) is 5.47 Å². The van der Waals surface area contributed by atoms with Gasteiger partial charge in [-0.1, -0.05) is 44.7 Å². The smallest absolute Gasteiger partial charge is 0.399 e. The maximum absolute atomic E-state index is 5.94. The molecule has 0 amide bonds. The van der Waals surface area contributed by atoms with Crippen LogP contribution in [0.5, 0.6) is 0 Å². The highest BCUT2D eigenvalue weighted by molar-refractivity contribution is 6.55. The molecule has 0 radical (unpaired) electrons. The lowest BCUT2D eigenvalue weighted by Crippen LogP contribution is -2.41. The normalized spacial score (nSPS) is 21.7. The summed E-state index contributed by atoms with van der Waals surface area (Å²) in [7, 11) is -0.286. The lowest BCUT2D eigenvalue weighted by molar-refractivity contribution is 0.00578. The first-order valence-electron chi connectivity index (χ1n) is 6.65. The van der Waals surface area contributed by atoms with Crippen LogP contribution in [0.2, 0.25) is 0 Å². The summed E-state index contributed by atoms with van der Waals surface area (Å²) in [5.41, 5.74) is 0.459. The second-order valence-electron chi connectivity index (χ2n) is 4.97. The van der Waals surface area contributed by atoms with Gasteiger partial charge < -0.3 is 9.31 Å². The molecule has 0 saturated carbocycles. The second-order valence-corrected chi connectivity index (χ2v) is 4.97. The molecule has 1 aliphatic heterocycles. The predicted octanol–water partition coefficient (Wildman–Crippen LogP) is 4.33. The van der Waals surface area contributed by atoms with Crippen molar-refractivity contribution < 1.29 is 9.31 Å². The van der Waals surface area contributed by atoms with E-state index in [4.69, 9.17) is 9.31 Å². The zero-order valence-corrected chi connectivity index (χ0v) is 12.9. The largest absolute Gasteiger partial charge is 0.494 e. The van der Waals surface area contributed by atoms with Crippen LogP contribution < -0.4 is 0 Å². The Kier molecular flexibility index (Phi) is 6.65. The van der Waals surface area contributed by atoms with Crippen molar-refractivity contribution in [3.8, 4) is 0 Å². The van der Waals surface area contributed by atoms with Crippen LogP contribution in [0.3, 0.4) is 0 Å². The SMILES string of the molecule is C=C/C=C\C(=C/C)B1OC(C)(C)C(C)(C)O1.CC.